The molecule has 0 saturated carbocycles. The van der Waals surface area contributed by atoms with Gasteiger partial charge < -0.3 is 10.4 Å². The van der Waals surface area contributed by atoms with Crippen LogP contribution in [0.2, 0.25) is 0 Å². The molecule has 21 heavy (non-hydrogen) atoms. The Morgan fingerprint density at radius 2 is 2.19 bits per heavy atom. The SMILES string of the molecule is N#Cc1ccc(-c2cn([C@@H]3CN[C@H](C(=O)O)C3)nn2)cc1. The van der Waals surface area contributed by atoms with E-state index in [1.807, 2.05) is 12.1 Å². The van der Waals surface area contributed by atoms with Crippen LogP contribution < -0.4 is 5.32 Å². The zero-order valence-corrected chi connectivity index (χ0v) is 11.1. The Kier molecular flexibility index (Phi) is 3.38. The first-order valence-corrected chi connectivity index (χ1v) is 6.56. The smallest absolute Gasteiger partial charge is 0.320 e. The Bertz CT molecular complexity index is 701. The fourth-order valence-corrected chi connectivity index (χ4v) is 2.41. The molecule has 1 saturated heterocycles. The molecule has 0 amide bonds. The van der Waals surface area contributed by atoms with E-state index in [0.717, 1.165) is 5.56 Å². The third-order valence-corrected chi connectivity index (χ3v) is 3.60. The maximum Gasteiger partial charge on any atom is 0.320 e. The van der Waals surface area contributed by atoms with Crippen molar-refractivity contribution in [1.29, 1.82) is 5.26 Å². The molecule has 2 atom stereocenters. The van der Waals surface area contributed by atoms with Crippen molar-refractivity contribution < 1.29 is 9.90 Å². The standard InChI is InChI=1S/C14H13N5O2/c15-6-9-1-3-10(4-2-9)13-8-19(18-17-13)11-5-12(14(20)21)16-7-11/h1-4,8,11-12,16H,5,7H2,(H,20,21)/t11-,12-/m0/s1. The Morgan fingerprint density at radius 1 is 1.43 bits per heavy atom. The molecular weight excluding hydrogens is 270 g/mol. The quantitative estimate of drug-likeness (QED) is 0.863. The molecule has 0 unspecified atom stereocenters. The first-order valence-electron chi connectivity index (χ1n) is 6.56. The number of aromatic nitrogens is 3. The first kappa shape index (κ1) is 13.3. The number of rotatable bonds is 3. The predicted octanol–water partition coefficient (Wildman–Crippen LogP) is 0.804. The van der Waals surface area contributed by atoms with Crippen molar-refractivity contribution in [1.82, 2.24) is 20.3 Å². The zero-order valence-electron chi connectivity index (χ0n) is 11.1. The molecule has 7 nitrogen and oxygen atoms in total. The summed E-state index contributed by atoms with van der Waals surface area (Å²) in [5, 5.41) is 28.9. The fraction of sp³-hybridized carbons (Fsp3) is 0.286. The number of carboxylic acid groups (broad SMARTS) is 1. The van der Waals surface area contributed by atoms with Gasteiger partial charge in [0.1, 0.15) is 11.7 Å². The van der Waals surface area contributed by atoms with Gasteiger partial charge in [-0.3, -0.25) is 4.79 Å². The van der Waals surface area contributed by atoms with Gasteiger partial charge in [-0.2, -0.15) is 5.26 Å². The molecule has 1 aromatic heterocycles. The highest BCUT2D eigenvalue weighted by atomic mass is 16.4. The van der Waals surface area contributed by atoms with Crippen molar-refractivity contribution in [3.8, 4) is 17.3 Å². The lowest BCUT2D eigenvalue weighted by Gasteiger charge is -2.07. The molecule has 1 fully saturated rings. The normalized spacial score (nSPS) is 21.1. The van der Waals surface area contributed by atoms with Gasteiger partial charge in [0, 0.05) is 12.1 Å². The van der Waals surface area contributed by atoms with Crippen LogP contribution >= 0.6 is 0 Å². The third-order valence-electron chi connectivity index (χ3n) is 3.60. The van der Waals surface area contributed by atoms with Gasteiger partial charge in [-0.05, 0) is 18.6 Å². The van der Waals surface area contributed by atoms with E-state index in [4.69, 9.17) is 10.4 Å². The van der Waals surface area contributed by atoms with Gasteiger partial charge in [0.15, 0.2) is 0 Å². The summed E-state index contributed by atoms with van der Waals surface area (Å²) in [5.74, 6) is -0.843. The van der Waals surface area contributed by atoms with Gasteiger partial charge >= 0.3 is 5.97 Å². The second-order valence-electron chi connectivity index (χ2n) is 4.96. The van der Waals surface area contributed by atoms with E-state index in [0.29, 0.717) is 24.2 Å². The molecule has 1 aromatic carbocycles. The van der Waals surface area contributed by atoms with E-state index in [1.54, 1.807) is 23.0 Å². The summed E-state index contributed by atoms with van der Waals surface area (Å²) >= 11 is 0. The lowest BCUT2D eigenvalue weighted by Crippen LogP contribution is -2.29. The fourth-order valence-electron chi connectivity index (χ4n) is 2.41. The van der Waals surface area contributed by atoms with Crippen LogP contribution in [0, 0.1) is 11.3 Å². The number of hydrogen-bond acceptors (Lipinski definition) is 5. The largest absolute Gasteiger partial charge is 0.480 e. The molecule has 2 N–H and O–H groups in total. The van der Waals surface area contributed by atoms with E-state index in [9.17, 15) is 4.79 Å². The highest BCUT2D eigenvalue weighted by Crippen LogP contribution is 2.22. The van der Waals surface area contributed by atoms with Gasteiger partial charge in [-0.1, -0.05) is 17.3 Å². The van der Waals surface area contributed by atoms with Crippen LogP contribution in [0.5, 0.6) is 0 Å². The average Bonchev–Trinajstić information content (AvgIpc) is 3.16. The Labute approximate surface area is 120 Å². The maximum atomic E-state index is 10.9. The molecule has 0 radical (unpaired) electrons. The van der Waals surface area contributed by atoms with Gasteiger partial charge in [0.05, 0.1) is 23.9 Å². The van der Waals surface area contributed by atoms with Gasteiger partial charge in [0.2, 0.25) is 0 Å². The van der Waals surface area contributed by atoms with Crippen molar-refractivity contribution in [2.45, 2.75) is 18.5 Å². The monoisotopic (exact) mass is 283 g/mol. The number of benzene rings is 1. The molecule has 0 bridgehead atoms. The van der Waals surface area contributed by atoms with E-state index >= 15 is 0 Å². The van der Waals surface area contributed by atoms with E-state index in [2.05, 4.69) is 21.7 Å². The minimum absolute atomic E-state index is 0.00858. The summed E-state index contributed by atoms with van der Waals surface area (Å²) in [5.41, 5.74) is 2.18. The molecule has 0 aliphatic carbocycles. The summed E-state index contributed by atoms with van der Waals surface area (Å²) in [6.45, 7) is 0.563. The molecule has 106 valence electrons. The molecular formula is C14H13N5O2. The van der Waals surface area contributed by atoms with Crippen molar-refractivity contribution in [3.63, 3.8) is 0 Å². The number of nitrogens with one attached hydrogen (secondary N) is 1. The van der Waals surface area contributed by atoms with Gasteiger partial charge in [-0.25, -0.2) is 4.68 Å². The number of carboxylic acids is 1. The van der Waals surface area contributed by atoms with Crippen LogP contribution in [-0.2, 0) is 4.79 Å². The van der Waals surface area contributed by atoms with Crippen LogP contribution in [0.1, 0.15) is 18.0 Å². The summed E-state index contributed by atoms with van der Waals surface area (Å²) in [7, 11) is 0. The third kappa shape index (κ3) is 2.61. The molecule has 1 aliphatic rings. The summed E-state index contributed by atoms with van der Waals surface area (Å²) in [6.07, 6.45) is 2.30. The van der Waals surface area contributed by atoms with Crippen molar-refractivity contribution >= 4 is 5.97 Å². The average molecular weight is 283 g/mol. The second-order valence-corrected chi connectivity index (χ2v) is 4.96. The topological polar surface area (TPSA) is 104 Å². The Hall–Kier alpha value is -2.72. The molecule has 7 heteroatoms. The van der Waals surface area contributed by atoms with Gasteiger partial charge in [-0.15, -0.1) is 5.10 Å². The number of carbonyl (C=O) groups is 1. The lowest BCUT2D eigenvalue weighted by molar-refractivity contribution is -0.139. The lowest BCUT2D eigenvalue weighted by atomic mass is 10.1. The molecule has 3 rings (SSSR count). The summed E-state index contributed by atoms with van der Waals surface area (Å²) in [6, 6.07) is 8.62. The summed E-state index contributed by atoms with van der Waals surface area (Å²) in [4.78, 5) is 10.9. The Balaban J connectivity index is 1.77. The van der Waals surface area contributed by atoms with Crippen LogP contribution in [0.4, 0.5) is 0 Å². The molecule has 2 aromatic rings. The van der Waals surface area contributed by atoms with Gasteiger partial charge in [0.25, 0.3) is 0 Å². The minimum atomic E-state index is -0.843. The van der Waals surface area contributed by atoms with Crippen LogP contribution in [0.3, 0.4) is 0 Å². The van der Waals surface area contributed by atoms with E-state index in [-0.39, 0.29) is 6.04 Å². The van der Waals surface area contributed by atoms with E-state index in [1.165, 1.54) is 0 Å². The van der Waals surface area contributed by atoms with Crippen molar-refractivity contribution in [2.24, 2.45) is 0 Å². The minimum Gasteiger partial charge on any atom is -0.480 e. The summed E-state index contributed by atoms with van der Waals surface area (Å²) < 4.78 is 1.70. The maximum absolute atomic E-state index is 10.9. The van der Waals surface area contributed by atoms with Crippen LogP contribution in [0.15, 0.2) is 30.5 Å². The molecule has 1 aliphatic heterocycles. The first-order chi connectivity index (χ1) is 10.2. The van der Waals surface area contributed by atoms with E-state index < -0.39 is 12.0 Å². The number of aliphatic carboxylic acids is 1. The second kappa shape index (κ2) is 5.34. The highest BCUT2D eigenvalue weighted by molar-refractivity contribution is 5.73. The van der Waals surface area contributed by atoms with Crippen LogP contribution in [-0.4, -0.2) is 38.7 Å². The predicted molar refractivity (Wildman–Crippen MR) is 73.3 cm³/mol. The molecule has 2 heterocycles. The zero-order chi connectivity index (χ0) is 14.8. The van der Waals surface area contributed by atoms with Crippen molar-refractivity contribution in [2.75, 3.05) is 6.54 Å². The number of nitriles is 1. The Morgan fingerprint density at radius 3 is 2.81 bits per heavy atom. The van der Waals surface area contributed by atoms with Crippen molar-refractivity contribution in [3.05, 3.63) is 36.0 Å². The number of nitrogens with zero attached hydrogens (tertiary/aromatic N) is 4. The molecule has 0 spiro atoms. The van der Waals surface area contributed by atoms with Crippen LogP contribution in [0.25, 0.3) is 11.3 Å². The number of hydrogen-bond donors (Lipinski definition) is 2. The highest BCUT2D eigenvalue weighted by Gasteiger charge is 2.30.